The zero-order valence-electron chi connectivity index (χ0n) is 13.2. The highest BCUT2D eigenvalue weighted by atomic mass is 16.2. The molecule has 20 heavy (non-hydrogen) atoms. The van der Waals surface area contributed by atoms with Gasteiger partial charge in [-0.1, -0.05) is 13.3 Å². The summed E-state index contributed by atoms with van der Waals surface area (Å²) in [6, 6.07) is 0. The lowest BCUT2D eigenvalue weighted by Crippen LogP contribution is -2.47. The molecule has 0 saturated carbocycles. The highest BCUT2D eigenvalue weighted by Crippen LogP contribution is 2.20. The number of hydrogen-bond acceptors (Lipinski definition) is 3. The average molecular weight is 281 g/mol. The summed E-state index contributed by atoms with van der Waals surface area (Å²) >= 11 is 0. The van der Waals surface area contributed by atoms with E-state index in [0.29, 0.717) is 11.8 Å². The fourth-order valence-corrected chi connectivity index (χ4v) is 3.19. The van der Waals surface area contributed by atoms with Crippen molar-refractivity contribution in [3.05, 3.63) is 0 Å². The zero-order valence-corrected chi connectivity index (χ0v) is 13.2. The molecule has 0 aromatic carbocycles. The molecule has 0 unspecified atom stereocenters. The van der Waals surface area contributed by atoms with E-state index in [1.165, 1.54) is 38.8 Å². The Kier molecular flexibility index (Phi) is 6.30. The number of piperidine rings is 1. The molecule has 0 aliphatic carbocycles. The van der Waals surface area contributed by atoms with Crippen LogP contribution in [0.15, 0.2) is 0 Å². The Bertz CT molecular complexity index is 296. The Morgan fingerprint density at radius 2 is 1.95 bits per heavy atom. The second kappa shape index (κ2) is 7.99. The maximum absolute atomic E-state index is 12.2. The van der Waals surface area contributed by atoms with Gasteiger partial charge in [-0.05, 0) is 57.8 Å². The summed E-state index contributed by atoms with van der Waals surface area (Å²) in [5, 5.41) is 3.24. The first kappa shape index (κ1) is 15.8. The zero-order chi connectivity index (χ0) is 14.4. The van der Waals surface area contributed by atoms with Gasteiger partial charge in [-0.15, -0.1) is 0 Å². The van der Waals surface area contributed by atoms with Crippen LogP contribution in [0.3, 0.4) is 0 Å². The largest absolute Gasteiger partial charge is 0.343 e. The second-order valence-corrected chi connectivity index (χ2v) is 6.67. The van der Waals surface area contributed by atoms with Gasteiger partial charge in [0.05, 0.1) is 0 Å². The van der Waals surface area contributed by atoms with Crippen molar-refractivity contribution in [3.63, 3.8) is 0 Å². The SMILES string of the molecule is CCCCN(C)CC1CCN(C(=O)CC2CNC2)CC1. The number of nitrogens with one attached hydrogen (secondary N) is 1. The molecule has 0 atom stereocenters. The van der Waals surface area contributed by atoms with E-state index in [9.17, 15) is 4.79 Å². The molecule has 0 radical (unpaired) electrons. The van der Waals surface area contributed by atoms with Crippen LogP contribution in [0.1, 0.15) is 39.0 Å². The molecule has 0 aromatic rings. The molecule has 2 rings (SSSR count). The van der Waals surface area contributed by atoms with Gasteiger partial charge in [0.25, 0.3) is 0 Å². The fraction of sp³-hybridized carbons (Fsp3) is 0.938. The lowest BCUT2D eigenvalue weighted by Gasteiger charge is -2.35. The topological polar surface area (TPSA) is 35.6 Å². The minimum atomic E-state index is 0.384. The van der Waals surface area contributed by atoms with Crippen LogP contribution in [-0.4, -0.2) is 62.0 Å². The summed E-state index contributed by atoms with van der Waals surface area (Å²) in [5.74, 6) is 1.76. The van der Waals surface area contributed by atoms with E-state index in [1.807, 2.05) is 0 Å². The van der Waals surface area contributed by atoms with Crippen LogP contribution in [0.5, 0.6) is 0 Å². The maximum Gasteiger partial charge on any atom is 0.222 e. The van der Waals surface area contributed by atoms with Crippen LogP contribution in [0.2, 0.25) is 0 Å². The van der Waals surface area contributed by atoms with Gasteiger partial charge < -0.3 is 15.1 Å². The van der Waals surface area contributed by atoms with Gasteiger partial charge in [0.15, 0.2) is 0 Å². The molecule has 2 aliphatic heterocycles. The van der Waals surface area contributed by atoms with Gasteiger partial charge in [-0.25, -0.2) is 0 Å². The van der Waals surface area contributed by atoms with Crippen molar-refractivity contribution < 1.29 is 4.79 Å². The van der Waals surface area contributed by atoms with Crippen molar-refractivity contribution in [2.24, 2.45) is 11.8 Å². The summed E-state index contributed by atoms with van der Waals surface area (Å²) in [7, 11) is 2.23. The lowest BCUT2D eigenvalue weighted by molar-refractivity contribution is -0.134. The molecule has 2 aliphatic rings. The Balaban J connectivity index is 1.62. The number of amides is 1. The Hall–Kier alpha value is -0.610. The summed E-state index contributed by atoms with van der Waals surface area (Å²) < 4.78 is 0. The maximum atomic E-state index is 12.2. The van der Waals surface area contributed by atoms with E-state index >= 15 is 0 Å². The summed E-state index contributed by atoms with van der Waals surface area (Å²) in [6.07, 6.45) is 5.70. The number of hydrogen-bond donors (Lipinski definition) is 1. The van der Waals surface area contributed by atoms with Gasteiger partial charge in [-0.2, -0.15) is 0 Å². The standard InChI is InChI=1S/C16H31N3O/c1-3-4-7-18(2)13-14-5-8-19(9-6-14)16(20)10-15-11-17-12-15/h14-15,17H,3-13H2,1-2H3. The summed E-state index contributed by atoms with van der Waals surface area (Å²) in [5.41, 5.74) is 0. The number of unbranched alkanes of at least 4 members (excludes halogenated alkanes) is 1. The number of carbonyl (C=O) groups excluding carboxylic acids is 1. The number of rotatable bonds is 7. The van der Waals surface area contributed by atoms with Gasteiger partial charge in [0, 0.05) is 26.1 Å². The molecule has 116 valence electrons. The van der Waals surface area contributed by atoms with Crippen molar-refractivity contribution in [1.82, 2.24) is 15.1 Å². The molecule has 0 spiro atoms. The minimum absolute atomic E-state index is 0.384. The highest BCUT2D eigenvalue weighted by Gasteiger charge is 2.27. The van der Waals surface area contributed by atoms with Gasteiger partial charge in [0.1, 0.15) is 0 Å². The van der Waals surface area contributed by atoms with Crippen molar-refractivity contribution >= 4 is 5.91 Å². The molecule has 2 fully saturated rings. The predicted octanol–water partition coefficient (Wildman–Crippen LogP) is 1.57. The molecule has 0 aromatic heterocycles. The van der Waals surface area contributed by atoms with Gasteiger partial charge >= 0.3 is 0 Å². The van der Waals surface area contributed by atoms with E-state index in [-0.39, 0.29) is 0 Å². The van der Waals surface area contributed by atoms with Gasteiger partial charge in [0.2, 0.25) is 5.91 Å². The van der Waals surface area contributed by atoms with Gasteiger partial charge in [-0.3, -0.25) is 4.79 Å². The summed E-state index contributed by atoms with van der Waals surface area (Å²) in [6.45, 7) is 8.68. The first-order valence-electron chi connectivity index (χ1n) is 8.36. The van der Waals surface area contributed by atoms with Crippen LogP contribution in [-0.2, 0) is 4.79 Å². The molecule has 2 heterocycles. The lowest BCUT2D eigenvalue weighted by atomic mass is 9.94. The van der Waals surface area contributed by atoms with E-state index in [2.05, 4.69) is 29.1 Å². The minimum Gasteiger partial charge on any atom is -0.343 e. The molecule has 0 bridgehead atoms. The second-order valence-electron chi connectivity index (χ2n) is 6.67. The first-order valence-corrected chi connectivity index (χ1v) is 8.36. The molecule has 2 saturated heterocycles. The first-order chi connectivity index (χ1) is 9.69. The van der Waals surface area contributed by atoms with Crippen LogP contribution in [0, 0.1) is 11.8 Å². The van der Waals surface area contributed by atoms with E-state index in [1.54, 1.807) is 0 Å². The Labute approximate surface area is 123 Å². The quantitative estimate of drug-likeness (QED) is 0.769. The number of nitrogens with zero attached hydrogens (tertiary/aromatic N) is 2. The molecule has 4 heteroatoms. The Morgan fingerprint density at radius 3 is 2.50 bits per heavy atom. The third-order valence-corrected chi connectivity index (χ3v) is 4.76. The van der Waals surface area contributed by atoms with Crippen LogP contribution in [0.4, 0.5) is 0 Å². The third kappa shape index (κ3) is 4.74. The Morgan fingerprint density at radius 1 is 1.25 bits per heavy atom. The average Bonchev–Trinajstić information content (AvgIpc) is 2.41. The monoisotopic (exact) mass is 281 g/mol. The highest BCUT2D eigenvalue weighted by molar-refractivity contribution is 5.76. The normalized spacial score (nSPS) is 21.2. The number of likely N-dealkylation sites (tertiary alicyclic amines) is 1. The van der Waals surface area contributed by atoms with E-state index < -0.39 is 0 Å². The molecular formula is C16H31N3O. The third-order valence-electron chi connectivity index (χ3n) is 4.76. The summed E-state index contributed by atoms with van der Waals surface area (Å²) in [4.78, 5) is 16.7. The van der Waals surface area contributed by atoms with Crippen LogP contribution in [0.25, 0.3) is 0 Å². The van der Waals surface area contributed by atoms with Crippen molar-refractivity contribution in [2.75, 3.05) is 46.3 Å². The van der Waals surface area contributed by atoms with Crippen molar-refractivity contribution in [1.29, 1.82) is 0 Å². The van der Waals surface area contributed by atoms with Crippen molar-refractivity contribution in [3.8, 4) is 0 Å². The number of carbonyl (C=O) groups is 1. The molecular weight excluding hydrogens is 250 g/mol. The molecule has 4 nitrogen and oxygen atoms in total. The van der Waals surface area contributed by atoms with E-state index in [4.69, 9.17) is 0 Å². The van der Waals surface area contributed by atoms with E-state index in [0.717, 1.165) is 38.5 Å². The van der Waals surface area contributed by atoms with Crippen LogP contribution < -0.4 is 5.32 Å². The van der Waals surface area contributed by atoms with Crippen LogP contribution >= 0.6 is 0 Å². The molecule has 1 amide bonds. The molecule has 1 N–H and O–H groups in total. The van der Waals surface area contributed by atoms with Crippen molar-refractivity contribution in [2.45, 2.75) is 39.0 Å². The fourth-order valence-electron chi connectivity index (χ4n) is 3.19. The predicted molar refractivity (Wildman–Crippen MR) is 82.7 cm³/mol. The smallest absolute Gasteiger partial charge is 0.222 e.